The van der Waals surface area contributed by atoms with Gasteiger partial charge in [0.25, 0.3) is 0 Å². The van der Waals surface area contributed by atoms with Gasteiger partial charge in [-0.1, -0.05) is 12.1 Å². The molecule has 0 aromatic heterocycles. The fourth-order valence-electron chi connectivity index (χ4n) is 1.19. The summed E-state index contributed by atoms with van der Waals surface area (Å²) in [5, 5.41) is 0. The van der Waals surface area contributed by atoms with E-state index in [1.54, 1.807) is 0 Å². The van der Waals surface area contributed by atoms with Crippen LogP contribution in [0.1, 0.15) is 5.56 Å². The molecule has 3 heteroatoms. The quantitative estimate of drug-likeness (QED) is 0.727. The number of nitrogens with zero attached hydrogens (tertiary/aromatic N) is 1. The Balaban J connectivity index is 2.57. The third-order valence-electron chi connectivity index (χ3n) is 2.12. The van der Waals surface area contributed by atoms with E-state index < -0.39 is 8.32 Å². The van der Waals surface area contributed by atoms with Gasteiger partial charge in [-0.25, -0.2) is 0 Å². The number of anilines is 1. The van der Waals surface area contributed by atoms with Crippen molar-refractivity contribution in [2.75, 3.05) is 19.0 Å². The first kappa shape index (κ1) is 12.3. The predicted octanol–water partition coefficient (Wildman–Crippen LogP) is 3.10. The second-order valence-corrected chi connectivity index (χ2v) is 9.48. The van der Waals surface area contributed by atoms with Crippen molar-refractivity contribution in [3.05, 3.63) is 29.8 Å². The minimum Gasteiger partial charge on any atom is -0.413 e. The number of rotatable bonds is 4. The molecule has 15 heavy (non-hydrogen) atoms. The molecule has 0 aliphatic carbocycles. The van der Waals surface area contributed by atoms with Gasteiger partial charge in [-0.15, -0.1) is 0 Å². The molecule has 0 radical (unpaired) electrons. The summed E-state index contributed by atoms with van der Waals surface area (Å²) in [4.78, 5) is 2.10. The molecule has 0 aliphatic heterocycles. The van der Waals surface area contributed by atoms with E-state index in [2.05, 4.69) is 48.8 Å². The van der Waals surface area contributed by atoms with E-state index in [1.807, 2.05) is 14.1 Å². The van der Waals surface area contributed by atoms with Gasteiger partial charge in [-0.3, -0.25) is 0 Å². The van der Waals surface area contributed by atoms with Crippen LogP contribution < -0.4 is 4.90 Å². The molecular weight excluding hydrogens is 202 g/mol. The Morgan fingerprint density at radius 2 is 1.60 bits per heavy atom. The van der Waals surface area contributed by atoms with E-state index in [0.717, 1.165) is 6.61 Å². The Morgan fingerprint density at radius 1 is 1.07 bits per heavy atom. The third kappa shape index (κ3) is 4.49. The van der Waals surface area contributed by atoms with Crippen molar-refractivity contribution in [1.29, 1.82) is 0 Å². The first-order chi connectivity index (χ1) is 6.88. The zero-order valence-electron chi connectivity index (χ0n) is 10.4. The fourth-order valence-corrected chi connectivity index (χ4v) is 1.79. The molecule has 0 atom stereocenters. The molecular formula is C12H21NOSi. The van der Waals surface area contributed by atoms with Crippen molar-refractivity contribution in [3.8, 4) is 0 Å². The maximum absolute atomic E-state index is 5.84. The van der Waals surface area contributed by atoms with E-state index >= 15 is 0 Å². The molecule has 0 saturated carbocycles. The third-order valence-corrected chi connectivity index (χ3v) is 3.13. The second kappa shape index (κ2) is 4.81. The first-order valence-electron chi connectivity index (χ1n) is 5.29. The van der Waals surface area contributed by atoms with Crippen LogP contribution >= 0.6 is 0 Å². The standard InChI is InChI=1S/C12H21NOSi/c1-13(2)12-8-6-11(7-9-12)10-14-15(3,4)5/h6-9H,10H2,1-5H3. The van der Waals surface area contributed by atoms with Crippen LogP contribution in [-0.4, -0.2) is 22.4 Å². The summed E-state index contributed by atoms with van der Waals surface area (Å²) in [6, 6.07) is 8.52. The topological polar surface area (TPSA) is 12.5 Å². The minimum atomic E-state index is -1.39. The van der Waals surface area contributed by atoms with Gasteiger partial charge in [0.2, 0.25) is 0 Å². The van der Waals surface area contributed by atoms with Crippen molar-refractivity contribution < 1.29 is 4.43 Å². The number of hydrogen-bond acceptors (Lipinski definition) is 2. The molecule has 0 spiro atoms. The molecule has 0 bridgehead atoms. The average molecular weight is 223 g/mol. The van der Waals surface area contributed by atoms with Gasteiger partial charge >= 0.3 is 0 Å². The molecule has 1 aromatic rings. The van der Waals surface area contributed by atoms with E-state index in [-0.39, 0.29) is 0 Å². The molecule has 0 fully saturated rings. The molecule has 1 aromatic carbocycles. The van der Waals surface area contributed by atoms with E-state index in [9.17, 15) is 0 Å². The van der Waals surface area contributed by atoms with E-state index in [4.69, 9.17) is 4.43 Å². The molecule has 0 heterocycles. The number of hydrogen-bond donors (Lipinski definition) is 0. The lowest BCUT2D eigenvalue weighted by atomic mass is 10.2. The van der Waals surface area contributed by atoms with Gasteiger partial charge in [-0.05, 0) is 37.3 Å². The highest BCUT2D eigenvalue weighted by Gasteiger charge is 2.13. The van der Waals surface area contributed by atoms with Crippen LogP contribution in [0.25, 0.3) is 0 Å². The highest BCUT2D eigenvalue weighted by molar-refractivity contribution is 6.69. The molecule has 0 N–H and O–H groups in total. The Hall–Kier alpha value is -0.803. The van der Waals surface area contributed by atoms with Crippen molar-refractivity contribution in [2.24, 2.45) is 0 Å². The zero-order valence-corrected chi connectivity index (χ0v) is 11.4. The summed E-state index contributed by atoms with van der Waals surface area (Å²) in [6.07, 6.45) is 0. The molecule has 0 amide bonds. The van der Waals surface area contributed by atoms with Gasteiger partial charge in [-0.2, -0.15) is 0 Å². The summed E-state index contributed by atoms with van der Waals surface area (Å²) in [7, 11) is 2.71. The largest absolute Gasteiger partial charge is 0.413 e. The lowest BCUT2D eigenvalue weighted by Crippen LogP contribution is -2.24. The summed E-state index contributed by atoms with van der Waals surface area (Å²) < 4.78 is 5.84. The molecule has 84 valence electrons. The van der Waals surface area contributed by atoms with Crippen molar-refractivity contribution in [2.45, 2.75) is 26.2 Å². The van der Waals surface area contributed by atoms with Crippen molar-refractivity contribution >= 4 is 14.0 Å². The lowest BCUT2D eigenvalue weighted by molar-refractivity contribution is 0.299. The molecule has 2 nitrogen and oxygen atoms in total. The summed E-state index contributed by atoms with van der Waals surface area (Å²) in [5.41, 5.74) is 2.48. The number of benzene rings is 1. The van der Waals surface area contributed by atoms with Crippen LogP contribution in [0.15, 0.2) is 24.3 Å². The molecule has 0 saturated heterocycles. The molecule has 0 aliphatic rings. The van der Waals surface area contributed by atoms with E-state index in [1.165, 1.54) is 11.3 Å². The van der Waals surface area contributed by atoms with E-state index in [0.29, 0.717) is 0 Å². The summed E-state index contributed by atoms with van der Waals surface area (Å²) in [6.45, 7) is 7.37. The van der Waals surface area contributed by atoms with Gasteiger partial charge in [0.15, 0.2) is 8.32 Å². The van der Waals surface area contributed by atoms with Gasteiger partial charge < -0.3 is 9.33 Å². The highest BCUT2D eigenvalue weighted by atomic mass is 28.4. The highest BCUT2D eigenvalue weighted by Crippen LogP contribution is 2.14. The summed E-state index contributed by atoms with van der Waals surface area (Å²) >= 11 is 0. The molecule has 0 unspecified atom stereocenters. The predicted molar refractivity (Wildman–Crippen MR) is 68.9 cm³/mol. The minimum absolute atomic E-state index is 0.740. The maximum Gasteiger partial charge on any atom is 0.184 e. The second-order valence-electron chi connectivity index (χ2n) is 4.96. The SMILES string of the molecule is CN(C)c1ccc(CO[Si](C)(C)C)cc1. The van der Waals surface area contributed by atoms with Crippen LogP contribution in [0.3, 0.4) is 0 Å². The normalized spacial score (nSPS) is 11.5. The summed E-state index contributed by atoms with van der Waals surface area (Å²) in [5.74, 6) is 0. The lowest BCUT2D eigenvalue weighted by Gasteiger charge is -2.18. The Bertz CT molecular complexity index is 300. The Kier molecular flexibility index (Phi) is 3.94. The van der Waals surface area contributed by atoms with Crippen molar-refractivity contribution in [1.82, 2.24) is 0 Å². The smallest absolute Gasteiger partial charge is 0.184 e. The van der Waals surface area contributed by atoms with Crippen LogP contribution in [0.4, 0.5) is 5.69 Å². The van der Waals surface area contributed by atoms with Gasteiger partial charge in [0.05, 0.1) is 6.61 Å². The van der Waals surface area contributed by atoms with Gasteiger partial charge in [0.1, 0.15) is 0 Å². The fraction of sp³-hybridized carbons (Fsp3) is 0.500. The zero-order chi connectivity index (χ0) is 11.5. The van der Waals surface area contributed by atoms with Crippen LogP contribution in [0.2, 0.25) is 19.6 Å². The Labute approximate surface area is 94.0 Å². The van der Waals surface area contributed by atoms with Crippen LogP contribution in [0, 0.1) is 0 Å². The van der Waals surface area contributed by atoms with Gasteiger partial charge in [0, 0.05) is 19.8 Å². The van der Waals surface area contributed by atoms with Crippen molar-refractivity contribution in [3.63, 3.8) is 0 Å². The monoisotopic (exact) mass is 223 g/mol. The Morgan fingerprint density at radius 3 is 2.00 bits per heavy atom. The first-order valence-corrected chi connectivity index (χ1v) is 8.69. The maximum atomic E-state index is 5.84. The van der Waals surface area contributed by atoms with Crippen LogP contribution in [-0.2, 0) is 11.0 Å². The molecule has 1 rings (SSSR count). The van der Waals surface area contributed by atoms with Crippen LogP contribution in [0.5, 0.6) is 0 Å². The average Bonchev–Trinajstić information content (AvgIpc) is 2.14.